The van der Waals surface area contributed by atoms with Crippen LogP contribution >= 0.6 is 12.2 Å². The number of carbonyl (C=O) groups excluding carboxylic acids is 1. The molecule has 0 spiro atoms. The lowest BCUT2D eigenvalue weighted by atomic mass is 10.2. The van der Waals surface area contributed by atoms with E-state index in [0.29, 0.717) is 17.3 Å². The summed E-state index contributed by atoms with van der Waals surface area (Å²) in [4.78, 5) is 11.6. The van der Waals surface area contributed by atoms with Crippen LogP contribution in [0.1, 0.15) is 23.0 Å². The third kappa shape index (κ3) is 4.05. The number of anilines is 2. The molecule has 0 saturated heterocycles. The first-order valence-corrected chi connectivity index (χ1v) is 7.26. The Kier molecular flexibility index (Phi) is 5.11. The molecule has 0 saturated carbocycles. The molecule has 1 heterocycles. The summed E-state index contributed by atoms with van der Waals surface area (Å²) >= 11 is 5.26. The number of benzene rings is 1. The van der Waals surface area contributed by atoms with Crippen LogP contribution in [0.15, 0.2) is 30.5 Å². The van der Waals surface area contributed by atoms with Crippen LogP contribution in [-0.2, 0) is 11.8 Å². The first-order chi connectivity index (χ1) is 10.5. The van der Waals surface area contributed by atoms with Crippen molar-refractivity contribution in [2.45, 2.75) is 13.8 Å². The fourth-order valence-electron chi connectivity index (χ4n) is 1.91. The highest BCUT2D eigenvalue weighted by Crippen LogP contribution is 2.14. The average molecular weight is 318 g/mol. The number of hydrogen-bond acceptors (Lipinski definition) is 4. The van der Waals surface area contributed by atoms with Crippen molar-refractivity contribution in [3.05, 3.63) is 41.7 Å². The van der Waals surface area contributed by atoms with Gasteiger partial charge < -0.3 is 15.4 Å². The van der Waals surface area contributed by atoms with Crippen LogP contribution in [0.3, 0.4) is 0 Å². The van der Waals surface area contributed by atoms with Crippen LogP contribution in [0, 0.1) is 6.92 Å². The molecule has 0 aliphatic rings. The summed E-state index contributed by atoms with van der Waals surface area (Å²) in [6, 6.07) is 6.93. The number of thiocarbonyl (C=S) groups is 1. The quantitative estimate of drug-likeness (QED) is 0.667. The molecule has 2 N–H and O–H groups in total. The van der Waals surface area contributed by atoms with Crippen molar-refractivity contribution in [3.8, 4) is 0 Å². The Hall–Kier alpha value is -2.41. The maximum absolute atomic E-state index is 11.6. The average Bonchev–Trinajstić information content (AvgIpc) is 2.77. The molecule has 0 unspecified atom stereocenters. The van der Waals surface area contributed by atoms with Gasteiger partial charge in [0.1, 0.15) is 0 Å². The number of carbonyl (C=O) groups is 1. The van der Waals surface area contributed by atoms with Crippen LogP contribution in [0.5, 0.6) is 0 Å². The lowest BCUT2D eigenvalue weighted by molar-refractivity contribution is 0.0526. The molecule has 1 aromatic heterocycles. The minimum atomic E-state index is -0.333. The Balaban J connectivity index is 1.97. The Morgan fingerprint density at radius 2 is 2.00 bits per heavy atom. The van der Waals surface area contributed by atoms with Crippen molar-refractivity contribution >= 4 is 34.7 Å². The Bertz CT molecular complexity index is 679. The van der Waals surface area contributed by atoms with Crippen LogP contribution in [0.25, 0.3) is 0 Å². The first kappa shape index (κ1) is 16.0. The molecule has 22 heavy (non-hydrogen) atoms. The zero-order valence-electron chi connectivity index (χ0n) is 12.7. The monoisotopic (exact) mass is 318 g/mol. The number of rotatable bonds is 4. The van der Waals surface area contributed by atoms with Gasteiger partial charge in [0.2, 0.25) is 0 Å². The smallest absolute Gasteiger partial charge is 0.338 e. The van der Waals surface area contributed by atoms with E-state index in [2.05, 4.69) is 15.7 Å². The fraction of sp³-hybridized carbons (Fsp3) is 0.267. The molecule has 0 bridgehead atoms. The highest BCUT2D eigenvalue weighted by molar-refractivity contribution is 7.80. The molecule has 7 heteroatoms. The van der Waals surface area contributed by atoms with E-state index in [1.165, 1.54) is 0 Å². The van der Waals surface area contributed by atoms with E-state index >= 15 is 0 Å². The second-order valence-electron chi connectivity index (χ2n) is 4.68. The zero-order valence-corrected chi connectivity index (χ0v) is 13.5. The first-order valence-electron chi connectivity index (χ1n) is 6.85. The molecule has 116 valence electrons. The van der Waals surface area contributed by atoms with Gasteiger partial charge in [-0.25, -0.2) is 4.79 Å². The van der Waals surface area contributed by atoms with Gasteiger partial charge in [-0.15, -0.1) is 0 Å². The summed E-state index contributed by atoms with van der Waals surface area (Å²) in [5.41, 5.74) is 3.01. The van der Waals surface area contributed by atoms with Crippen molar-refractivity contribution in [2.24, 2.45) is 7.05 Å². The summed E-state index contributed by atoms with van der Waals surface area (Å²) in [6.45, 7) is 4.04. The van der Waals surface area contributed by atoms with E-state index in [9.17, 15) is 4.79 Å². The Labute approximate surface area is 134 Å². The predicted molar refractivity (Wildman–Crippen MR) is 90.2 cm³/mol. The van der Waals surface area contributed by atoms with Crippen LogP contribution in [-0.4, -0.2) is 27.5 Å². The van der Waals surface area contributed by atoms with Crippen LogP contribution < -0.4 is 10.6 Å². The van der Waals surface area contributed by atoms with E-state index in [1.807, 2.05) is 20.2 Å². The Morgan fingerprint density at radius 3 is 2.55 bits per heavy atom. The van der Waals surface area contributed by atoms with Gasteiger partial charge in [0.25, 0.3) is 0 Å². The number of esters is 1. The van der Waals surface area contributed by atoms with Crippen LogP contribution in [0.4, 0.5) is 11.4 Å². The summed E-state index contributed by atoms with van der Waals surface area (Å²) < 4.78 is 6.65. The Morgan fingerprint density at radius 1 is 1.32 bits per heavy atom. The lowest BCUT2D eigenvalue weighted by Gasteiger charge is -2.10. The zero-order chi connectivity index (χ0) is 16.1. The fourth-order valence-corrected chi connectivity index (χ4v) is 2.14. The standard InChI is InChI=1S/C15H18N4O2S/c1-4-21-14(20)11-5-7-12(8-6-11)16-15(22)17-13-9-19(3)18-10(13)2/h5-9H,4H2,1-3H3,(H2,16,17,22). The van der Waals surface area contributed by atoms with Gasteiger partial charge in [0.15, 0.2) is 5.11 Å². The van der Waals surface area contributed by atoms with Gasteiger partial charge in [-0.05, 0) is 50.3 Å². The molecule has 0 atom stereocenters. The molecule has 2 aromatic rings. The predicted octanol–water partition coefficient (Wildman–Crippen LogP) is 2.71. The second kappa shape index (κ2) is 7.04. The van der Waals surface area contributed by atoms with Crippen molar-refractivity contribution in [2.75, 3.05) is 17.2 Å². The largest absolute Gasteiger partial charge is 0.462 e. The molecule has 0 fully saturated rings. The van der Waals surface area contributed by atoms with Gasteiger partial charge in [0.05, 0.1) is 23.6 Å². The SMILES string of the molecule is CCOC(=O)c1ccc(NC(=S)Nc2cn(C)nc2C)cc1. The minimum absolute atomic E-state index is 0.333. The van der Waals surface area contributed by atoms with E-state index < -0.39 is 0 Å². The third-order valence-electron chi connectivity index (χ3n) is 2.92. The number of aryl methyl sites for hydroxylation is 2. The normalized spacial score (nSPS) is 10.1. The summed E-state index contributed by atoms with van der Waals surface area (Å²) in [5, 5.41) is 10.8. The third-order valence-corrected chi connectivity index (χ3v) is 3.12. The van der Waals surface area contributed by atoms with Crippen molar-refractivity contribution in [1.82, 2.24) is 9.78 Å². The number of nitrogens with one attached hydrogen (secondary N) is 2. The van der Waals surface area contributed by atoms with Crippen molar-refractivity contribution in [1.29, 1.82) is 0 Å². The van der Waals surface area contributed by atoms with E-state index in [-0.39, 0.29) is 5.97 Å². The highest BCUT2D eigenvalue weighted by Gasteiger charge is 2.07. The van der Waals surface area contributed by atoms with Gasteiger partial charge in [-0.2, -0.15) is 5.10 Å². The number of hydrogen-bond donors (Lipinski definition) is 2. The summed E-state index contributed by atoms with van der Waals surface area (Å²) in [7, 11) is 1.85. The molecule has 0 aliphatic carbocycles. The molecule has 1 aromatic carbocycles. The molecular formula is C15H18N4O2S. The van der Waals surface area contributed by atoms with Crippen molar-refractivity contribution < 1.29 is 9.53 Å². The summed E-state index contributed by atoms with van der Waals surface area (Å²) in [6.07, 6.45) is 1.85. The minimum Gasteiger partial charge on any atom is -0.462 e. The van der Waals surface area contributed by atoms with Gasteiger partial charge in [0, 0.05) is 18.9 Å². The van der Waals surface area contributed by atoms with Gasteiger partial charge in [-0.3, -0.25) is 4.68 Å². The lowest BCUT2D eigenvalue weighted by Crippen LogP contribution is -2.19. The molecular weight excluding hydrogens is 300 g/mol. The van der Waals surface area contributed by atoms with Gasteiger partial charge >= 0.3 is 5.97 Å². The summed E-state index contributed by atoms with van der Waals surface area (Å²) in [5.74, 6) is -0.333. The van der Waals surface area contributed by atoms with E-state index in [1.54, 1.807) is 35.9 Å². The molecule has 6 nitrogen and oxygen atoms in total. The molecule has 2 rings (SSSR count). The van der Waals surface area contributed by atoms with E-state index in [0.717, 1.165) is 17.1 Å². The molecule has 0 aliphatic heterocycles. The molecule has 0 amide bonds. The molecule has 0 radical (unpaired) electrons. The van der Waals surface area contributed by atoms with E-state index in [4.69, 9.17) is 17.0 Å². The maximum Gasteiger partial charge on any atom is 0.338 e. The number of ether oxygens (including phenoxy) is 1. The topological polar surface area (TPSA) is 68.2 Å². The van der Waals surface area contributed by atoms with Gasteiger partial charge in [-0.1, -0.05) is 0 Å². The number of nitrogens with zero attached hydrogens (tertiary/aromatic N) is 2. The highest BCUT2D eigenvalue weighted by atomic mass is 32.1. The number of aromatic nitrogens is 2. The van der Waals surface area contributed by atoms with Crippen LogP contribution in [0.2, 0.25) is 0 Å². The maximum atomic E-state index is 11.6. The van der Waals surface area contributed by atoms with Crippen molar-refractivity contribution in [3.63, 3.8) is 0 Å². The second-order valence-corrected chi connectivity index (χ2v) is 5.09.